The van der Waals surface area contributed by atoms with E-state index in [0.29, 0.717) is 0 Å². The van der Waals surface area contributed by atoms with E-state index in [4.69, 9.17) is 0 Å². The number of alkyl halides is 3. The van der Waals surface area contributed by atoms with Gasteiger partial charge in [-0.1, -0.05) is 0 Å². The van der Waals surface area contributed by atoms with Gasteiger partial charge in [-0.15, -0.1) is 0 Å². The molecule has 1 fully saturated rings. The summed E-state index contributed by atoms with van der Waals surface area (Å²) in [5, 5.41) is 3.84. The Bertz CT molecular complexity index is 191. The average Bonchev–Trinajstić information content (AvgIpc) is 2.10. The van der Waals surface area contributed by atoms with Crippen molar-refractivity contribution < 1.29 is 18.0 Å². The van der Waals surface area contributed by atoms with E-state index in [1.54, 1.807) is 5.32 Å². The second-order valence-electron chi connectivity index (χ2n) is 2.64. The zero-order valence-electron chi connectivity index (χ0n) is 5.75. The van der Waals surface area contributed by atoms with Crippen LogP contribution in [0.3, 0.4) is 0 Å². The van der Waals surface area contributed by atoms with Crippen LogP contribution in [0.2, 0.25) is 0 Å². The van der Waals surface area contributed by atoms with Crippen LogP contribution in [-0.2, 0) is 0 Å². The van der Waals surface area contributed by atoms with Gasteiger partial charge in [0.2, 0.25) is 0 Å². The summed E-state index contributed by atoms with van der Waals surface area (Å²) in [7, 11) is 0. The number of amides is 2. The molecule has 0 aromatic rings. The predicted molar refractivity (Wildman–Crippen MR) is 31.0 cm³/mol. The molecule has 1 aliphatic rings. The van der Waals surface area contributed by atoms with Crippen LogP contribution in [0, 0.1) is 0 Å². The van der Waals surface area contributed by atoms with Crippen molar-refractivity contribution in [2.75, 3.05) is 6.54 Å². The van der Waals surface area contributed by atoms with Gasteiger partial charge in [0.15, 0.2) is 5.54 Å². The molecule has 1 saturated heterocycles. The fourth-order valence-electron chi connectivity index (χ4n) is 0.767. The molecule has 2 amide bonds. The third-order valence-corrected chi connectivity index (χ3v) is 1.62. The Labute approximate surface area is 61.0 Å². The van der Waals surface area contributed by atoms with E-state index < -0.39 is 24.3 Å². The largest absolute Gasteiger partial charge is 0.413 e. The summed E-state index contributed by atoms with van der Waals surface area (Å²) in [6.45, 7) is 0.528. The van der Waals surface area contributed by atoms with Gasteiger partial charge in [-0.2, -0.15) is 13.2 Å². The minimum Gasteiger partial charge on any atom is -0.335 e. The fraction of sp³-hybridized carbons (Fsp3) is 0.800. The molecule has 2 N–H and O–H groups in total. The van der Waals surface area contributed by atoms with Crippen LogP contribution < -0.4 is 10.6 Å². The van der Waals surface area contributed by atoms with Crippen molar-refractivity contribution in [3.05, 3.63) is 0 Å². The van der Waals surface area contributed by atoms with E-state index in [2.05, 4.69) is 0 Å². The number of carbonyl (C=O) groups is 1. The predicted octanol–water partition coefficient (Wildman–Crippen LogP) is 0.620. The minimum atomic E-state index is -4.40. The number of hydrogen-bond donors (Lipinski definition) is 2. The Morgan fingerprint density at radius 2 is 2.09 bits per heavy atom. The highest BCUT2D eigenvalue weighted by molar-refractivity contribution is 5.77. The summed E-state index contributed by atoms with van der Waals surface area (Å²) in [6, 6.07) is -0.773. The van der Waals surface area contributed by atoms with Crippen molar-refractivity contribution in [2.24, 2.45) is 0 Å². The van der Waals surface area contributed by atoms with Crippen LogP contribution in [-0.4, -0.2) is 24.3 Å². The van der Waals surface area contributed by atoms with Crippen LogP contribution in [0.25, 0.3) is 0 Å². The molecule has 0 unspecified atom stereocenters. The van der Waals surface area contributed by atoms with Gasteiger partial charge in [0, 0.05) is 0 Å². The molecular weight excluding hydrogens is 161 g/mol. The maximum Gasteiger partial charge on any atom is 0.413 e. The molecular formula is C5H7F3N2O. The highest BCUT2D eigenvalue weighted by atomic mass is 19.4. The molecule has 0 bridgehead atoms. The molecule has 0 aromatic heterocycles. The maximum absolute atomic E-state index is 12.1. The van der Waals surface area contributed by atoms with Crippen molar-refractivity contribution in [2.45, 2.75) is 18.6 Å². The highest BCUT2D eigenvalue weighted by Gasteiger charge is 2.55. The van der Waals surface area contributed by atoms with Gasteiger partial charge in [0.1, 0.15) is 0 Å². The summed E-state index contributed by atoms with van der Waals surface area (Å²) in [5.41, 5.74) is -2.11. The number of nitrogens with one attached hydrogen (secondary N) is 2. The van der Waals surface area contributed by atoms with Gasteiger partial charge in [-0.05, 0) is 6.92 Å². The first-order valence-electron chi connectivity index (χ1n) is 2.98. The molecule has 1 aliphatic heterocycles. The number of urea groups is 1. The van der Waals surface area contributed by atoms with E-state index in [0.717, 1.165) is 6.92 Å². The van der Waals surface area contributed by atoms with Crippen LogP contribution in [0.1, 0.15) is 6.92 Å². The lowest BCUT2D eigenvalue weighted by molar-refractivity contribution is -0.181. The zero-order chi connectivity index (χ0) is 8.70. The Kier molecular flexibility index (Phi) is 1.50. The van der Waals surface area contributed by atoms with Crippen molar-refractivity contribution in [1.82, 2.24) is 10.6 Å². The number of rotatable bonds is 0. The second kappa shape index (κ2) is 2.02. The number of hydrogen-bond acceptors (Lipinski definition) is 1. The number of carbonyl (C=O) groups excluding carboxylic acids is 1. The van der Waals surface area contributed by atoms with Crippen molar-refractivity contribution in [3.8, 4) is 0 Å². The third-order valence-electron chi connectivity index (χ3n) is 1.62. The Morgan fingerprint density at radius 3 is 2.27 bits per heavy atom. The van der Waals surface area contributed by atoms with Crippen LogP contribution >= 0.6 is 0 Å². The Balaban J connectivity index is 2.77. The van der Waals surface area contributed by atoms with Crippen molar-refractivity contribution in [3.63, 3.8) is 0 Å². The topological polar surface area (TPSA) is 41.1 Å². The first kappa shape index (κ1) is 8.16. The maximum atomic E-state index is 12.1. The SMILES string of the molecule is C[C@@]1(C(F)(F)F)CNC(=O)N1. The van der Waals surface area contributed by atoms with E-state index >= 15 is 0 Å². The lowest BCUT2D eigenvalue weighted by Crippen LogP contribution is -2.53. The van der Waals surface area contributed by atoms with Crippen LogP contribution in [0.4, 0.5) is 18.0 Å². The molecule has 1 heterocycles. The zero-order valence-corrected chi connectivity index (χ0v) is 5.75. The van der Waals surface area contributed by atoms with Gasteiger partial charge >= 0.3 is 12.2 Å². The van der Waals surface area contributed by atoms with Gasteiger partial charge in [-0.25, -0.2) is 4.79 Å². The normalized spacial score (nSPS) is 31.5. The standard InChI is InChI=1S/C5H7F3N2O/c1-4(5(6,7)8)2-9-3(11)10-4/h2H2,1H3,(H2,9,10,11)/t4-/m0/s1. The lowest BCUT2D eigenvalue weighted by Gasteiger charge is -2.25. The molecule has 0 spiro atoms. The molecule has 0 aromatic carbocycles. The fourth-order valence-corrected chi connectivity index (χ4v) is 0.767. The molecule has 0 radical (unpaired) electrons. The van der Waals surface area contributed by atoms with Gasteiger partial charge in [-0.3, -0.25) is 0 Å². The van der Waals surface area contributed by atoms with E-state index in [1.807, 2.05) is 5.32 Å². The van der Waals surface area contributed by atoms with Gasteiger partial charge < -0.3 is 10.6 Å². The molecule has 11 heavy (non-hydrogen) atoms. The summed E-state index contributed by atoms with van der Waals surface area (Å²) < 4.78 is 36.2. The summed E-state index contributed by atoms with van der Waals surface area (Å²) in [4.78, 5) is 10.4. The Hall–Kier alpha value is -0.940. The first-order valence-corrected chi connectivity index (χ1v) is 2.98. The molecule has 0 saturated carbocycles. The summed E-state index contributed by atoms with van der Waals surface area (Å²) in [6.07, 6.45) is -4.40. The van der Waals surface area contributed by atoms with E-state index in [1.165, 1.54) is 0 Å². The monoisotopic (exact) mass is 168 g/mol. The summed E-state index contributed by atoms with van der Waals surface area (Å²) >= 11 is 0. The van der Waals surface area contributed by atoms with Crippen LogP contribution in [0.15, 0.2) is 0 Å². The average molecular weight is 168 g/mol. The molecule has 64 valence electrons. The van der Waals surface area contributed by atoms with Crippen molar-refractivity contribution >= 4 is 6.03 Å². The molecule has 0 aliphatic carbocycles. The highest BCUT2D eigenvalue weighted by Crippen LogP contribution is 2.31. The Morgan fingerprint density at radius 1 is 1.55 bits per heavy atom. The molecule has 1 atom stereocenters. The quantitative estimate of drug-likeness (QED) is 0.547. The molecule has 1 rings (SSSR count). The number of halogens is 3. The van der Waals surface area contributed by atoms with Crippen LogP contribution in [0.5, 0.6) is 0 Å². The smallest absolute Gasteiger partial charge is 0.335 e. The molecule has 3 nitrogen and oxygen atoms in total. The lowest BCUT2D eigenvalue weighted by atomic mass is 10.0. The van der Waals surface area contributed by atoms with E-state index in [9.17, 15) is 18.0 Å². The third kappa shape index (κ3) is 1.24. The minimum absolute atomic E-state index is 0.407. The van der Waals surface area contributed by atoms with Gasteiger partial charge in [0.05, 0.1) is 6.54 Å². The second-order valence-corrected chi connectivity index (χ2v) is 2.64. The molecule has 6 heteroatoms. The van der Waals surface area contributed by atoms with Crippen molar-refractivity contribution in [1.29, 1.82) is 0 Å². The first-order chi connectivity index (χ1) is 4.85. The van der Waals surface area contributed by atoms with Gasteiger partial charge in [0.25, 0.3) is 0 Å². The van der Waals surface area contributed by atoms with E-state index in [-0.39, 0.29) is 0 Å². The summed E-state index contributed by atoms with van der Waals surface area (Å²) in [5.74, 6) is 0.